The van der Waals surface area contributed by atoms with E-state index in [2.05, 4.69) is 15.0 Å². The van der Waals surface area contributed by atoms with Gasteiger partial charge in [-0.25, -0.2) is 15.0 Å². The minimum Gasteiger partial charge on any atom is -0.381 e. The van der Waals surface area contributed by atoms with Gasteiger partial charge in [0.1, 0.15) is 17.4 Å². The van der Waals surface area contributed by atoms with E-state index >= 15 is 0 Å². The third-order valence-corrected chi connectivity index (χ3v) is 2.78. The summed E-state index contributed by atoms with van der Waals surface area (Å²) >= 11 is 1.44. The van der Waals surface area contributed by atoms with E-state index in [-0.39, 0.29) is 0 Å². The van der Waals surface area contributed by atoms with Crippen LogP contribution in [0, 0.1) is 6.92 Å². The van der Waals surface area contributed by atoms with Crippen molar-refractivity contribution in [3.05, 3.63) is 40.4 Å². The van der Waals surface area contributed by atoms with Gasteiger partial charge in [-0.2, -0.15) is 0 Å². The third-order valence-electron chi connectivity index (χ3n) is 1.77. The van der Waals surface area contributed by atoms with Gasteiger partial charge < -0.3 is 5.11 Å². The molecule has 0 fully saturated rings. The zero-order chi connectivity index (χ0) is 9.97. The highest BCUT2D eigenvalue weighted by molar-refractivity contribution is 7.09. The molecule has 0 aromatic carbocycles. The van der Waals surface area contributed by atoms with Crippen molar-refractivity contribution in [2.45, 2.75) is 13.0 Å². The van der Waals surface area contributed by atoms with Crippen molar-refractivity contribution in [3.63, 3.8) is 0 Å². The molecule has 1 unspecified atom stereocenters. The standard InChI is InChI=1S/C9H9N3OS/c1-6-4-14-9(12-6)8(13)7-2-10-5-11-3-7/h2-5,8,13H,1H3. The quantitative estimate of drug-likeness (QED) is 0.807. The van der Waals surface area contributed by atoms with Crippen molar-refractivity contribution in [2.24, 2.45) is 0 Å². The molecule has 1 atom stereocenters. The van der Waals surface area contributed by atoms with Crippen LogP contribution in [0.5, 0.6) is 0 Å². The number of aliphatic hydroxyl groups excluding tert-OH is 1. The first-order valence-corrected chi connectivity index (χ1v) is 5.00. The predicted octanol–water partition coefficient (Wildman–Crippen LogP) is 1.32. The zero-order valence-electron chi connectivity index (χ0n) is 7.58. The summed E-state index contributed by atoms with van der Waals surface area (Å²) in [7, 11) is 0. The number of rotatable bonds is 2. The minimum absolute atomic E-state index is 0.668. The molecule has 2 aromatic heterocycles. The van der Waals surface area contributed by atoms with Gasteiger partial charge in [0.15, 0.2) is 0 Å². The van der Waals surface area contributed by atoms with Gasteiger partial charge in [-0.3, -0.25) is 0 Å². The molecular weight excluding hydrogens is 198 g/mol. The first kappa shape index (κ1) is 9.23. The molecule has 0 aliphatic carbocycles. The first-order valence-electron chi connectivity index (χ1n) is 4.12. The maximum Gasteiger partial charge on any atom is 0.133 e. The Morgan fingerprint density at radius 1 is 1.36 bits per heavy atom. The zero-order valence-corrected chi connectivity index (χ0v) is 8.40. The molecule has 0 spiro atoms. The highest BCUT2D eigenvalue weighted by atomic mass is 32.1. The molecular formula is C9H9N3OS. The first-order chi connectivity index (χ1) is 6.77. The van der Waals surface area contributed by atoms with Crippen LogP contribution in [-0.4, -0.2) is 20.1 Å². The number of hydrogen-bond donors (Lipinski definition) is 1. The Kier molecular flexibility index (Phi) is 2.51. The molecule has 0 bridgehead atoms. The fourth-order valence-electron chi connectivity index (χ4n) is 1.09. The van der Waals surface area contributed by atoms with E-state index in [4.69, 9.17) is 0 Å². The van der Waals surface area contributed by atoms with Crippen LogP contribution in [0.4, 0.5) is 0 Å². The Morgan fingerprint density at radius 2 is 2.07 bits per heavy atom. The normalized spacial score (nSPS) is 12.7. The third kappa shape index (κ3) is 1.78. The summed E-state index contributed by atoms with van der Waals surface area (Å²) in [5.41, 5.74) is 1.59. The maximum absolute atomic E-state index is 9.87. The summed E-state index contributed by atoms with van der Waals surface area (Å²) in [4.78, 5) is 11.9. The van der Waals surface area contributed by atoms with E-state index in [1.165, 1.54) is 17.7 Å². The van der Waals surface area contributed by atoms with E-state index in [0.717, 1.165) is 5.69 Å². The number of hydrogen-bond acceptors (Lipinski definition) is 5. The molecule has 2 heterocycles. The van der Waals surface area contributed by atoms with Gasteiger partial charge in [-0.1, -0.05) is 0 Å². The lowest BCUT2D eigenvalue weighted by Gasteiger charge is -2.05. The molecule has 0 radical (unpaired) electrons. The van der Waals surface area contributed by atoms with Gasteiger partial charge in [-0.15, -0.1) is 11.3 Å². The van der Waals surface area contributed by atoms with Gasteiger partial charge in [0.25, 0.3) is 0 Å². The summed E-state index contributed by atoms with van der Waals surface area (Å²) in [6.07, 6.45) is 3.90. The van der Waals surface area contributed by atoms with Crippen LogP contribution in [0.1, 0.15) is 22.4 Å². The smallest absolute Gasteiger partial charge is 0.133 e. The highest BCUT2D eigenvalue weighted by Gasteiger charge is 2.13. The number of nitrogens with zero attached hydrogens (tertiary/aromatic N) is 3. The molecule has 0 saturated heterocycles. The van der Waals surface area contributed by atoms with Crippen molar-refractivity contribution in [1.82, 2.24) is 15.0 Å². The molecule has 0 aliphatic rings. The van der Waals surface area contributed by atoms with Crippen LogP contribution in [0.3, 0.4) is 0 Å². The Labute approximate surface area is 85.3 Å². The van der Waals surface area contributed by atoms with Crippen LogP contribution < -0.4 is 0 Å². The molecule has 4 nitrogen and oxygen atoms in total. The lowest BCUT2D eigenvalue weighted by molar-refractivity contribution is 0.218. The van der Waals surface area contributed by atoms with Crippen molar-refractivity contribution in [3.8, 4) is 0 Å². The average molecular weight is 207 g/mol. The number of aliphatic hydroxyl groups is 1. The van der Waals surface area contributed by atoms with Crippen molar-refractivity contribution in [2.75, 3.05) is 0 Å². The van der Waals surface area contributed by atoms with Crippen LogP contribution >= 0.6 is 11.3 Å². The van der Waals surface area contributed by atoms with E-state index in [1.54, 1.807) is 12.4 Å². The number of thiazole rings is 1. The Hall–Kier alpha value is -1.33. The lowest BCUT2D eigenvalue weighted by Crippen LogP contribution is -2.00. The minimum atomic E-state index is -0.713. The molecule has 0 saturated carbocycles. The summed E-state index contributed by atoms with van der Waals surface area (Å²) in [6.45, 7) is 1.90. The average Bonchev–Trinajstić information content (AvgIpc) is 2.65. The van der Waals surface area contributed by atoms with E-state index in [1.807, 2.05) is 12.3 Å². The largest absolute Gasteiger partial charge is 0.381 e. The Bertz CT molecular complexity index is 415. The molecule has 1 N–H and O–H groups in total. The molecule has 2 rings (SSSR count). The van der Waals surface area contributed by atoms with Crippen molar-refractivity contribution >= 4 is 11.3 Å². The van der Waals surface area contributed by atoms with Crippen LogP contribution in [-0.2, 0) is 0 Å². The highest BCUT2D eigenvalue weighted by Crippen LogP contribution is 2.23. The van der Waals surface area contributed by atoms with Crippen molar-refractivity contribution < 1.29 is 5.11 Å². The molecule has 72 valence electrons. The van der Waals surface area contributed by atoms with Crippen LogP contribution in [0.25, 0.3) is 0 Å². The van der Waals surface area contributed by atoms with Crippen molar-refractivity contribution in [1.29, 1.82) is 0 Å². The van der Waals surface area contributed by atoms with E-state index < -0.39 is 6.10 Å². The number of aryl methyl sites for hydroxylation is 1. The topological polar surface area (TPSA) is 58.9 Å². The van der Waals surface area contributed by atoms with Gasteiger partial charge in [0.05, 0.1) is 0 Å². The summed E-state index contributed by atoms with van der Waals surface area (Å²) < 4.78 is 0. The molecule has 0 amide bonds. The van der Waals surface area contributed by atoms with Crippen LogP contribution in [0.15, 0.2) is 24.1 Å². The molecule has 14 heavy (non-hydrogen) atoms. The van der Waals surface area contributed by atoms with Gasteiger partial charge in [0, 0.05) is 29.0 Å². The summed E-state index contributed by atoms with van der Waals surface area (Å²) in [5.74, 6) is 0. The molecule has 5 heteroatoms. The Balaban J connectivity index is 2.29. The monoisotopic (exact) mass is 207 g/mol. The summed E-state index contributed by atoms with van der Waals surface area (Å²) in [5, 5.41) is 12.5. The van der Waals surface area contributed by atoms with E-state index in [9.17, 15) is 5.11 Å². The van der Waals surface area contributed by atoms with Gasteiger partial charge in [0.2, 0.25) is 0 Å². The number of aromatic nitrogens is 3. The molecule has 0 aliphatic heterocycles. The predicted molar refractivity (Wildman–Crippen MR) is 52.9 cm³/mol. The SMILES string of the molecule is Cc1csc(C(O)c2cncnc2)n1. The van der Waals surface area contributed by atoms with Crippen LogP contribution in [0.2, 0.25) is 0 Å². The second-order valence-corrected chi connectivity index (χ2v) is 3.79. The fraction of sp³-hybridized carbons (Fsp3) is 0.222. The van der Waals surface area contributed by atoms with E-state index in [0.29, 0.717) is 10.6 Å². The maximum atomic E-state index is 9.87. The Morgan fingerprint density at radius 3 is 2.64 bits per heavy atom. The van der Waals surface area contributed by atoms with Gasteiger partial charge in [-0.05, 0) is 6.92 Å². The second-order valence-electron chi connectivity index (χ2n) is 2.90. The fourth-order valence-corrected chi connectivity index (χ4v) is 1.90. The summed E-state index contributed by atoms with van der Waals surface area (Å²) in [6, 6.07) is 0. The second kappa shape index (κ2) is 3.81. The molecule has 2 aromatic rings. The lowest BCUT2D eigenvalue weighted by atomic mass is 10.2. The van der Waals surface area contributed by atoms with Gasteiger partial charge >= 0.3 is 0 Å².